The van der Waals surface area contributed by atoms with E-state index in [2.05, 4.69) is 10.3 Å². The zero-order chi connectivity index (χ0) is 15.4. The van der Waals surface area contributed by atoms with Gasteiger partial charge in [0.05, 0.1) is 22.1 Å². The number of hydrogen-bond acceptors (Lipinski definition) is 4. The second-order valence-corrected chi connectivity index (χ2v) is 7.20. The Balaban J connectivity index is 1.80. The molecule has 1 aliphatic rings. The number of carbonyl (C=O) groups excluding carboxylic acids is 1. The quantitative estimate of drug-likeness (QED) is 0.908. The Morgan fingerprint density at radius 1 is 1.38 bits per heavy atom. The standard InChI is InChI=1S/C14H13ClN2O3S/c1-14(2)9(10(14)12(19)20)11(18)17-13-16-7-4-3-6(15)5-8(7)21-13/h3-5,9-10H,1-2H3,(H,19,20)(H,16,17,18). The van der Waals surface area contributed by atoms with E-state index in [-0.39, 0.29) is 5.91 Å². The van der Waals surface area contributed by atoms with Crippen LogP contribution in [0, 0.1) is 17.3 Å². The number of benzene rings is 1. The fourth-order valence-corrected chi connectivity index (χ4v) is 3.87. The molecule has 1 aromatic carbocycles. The molecule has 0 radical (unpaired) electrons. The molecule has 1 saturated carbocycles. The summed E-state index contributed by atoms with van der Waals surface area (Å²) in [5, 5.41) is 12.9. The summed E-state index contributed by atoms with van der Waals surface area (Å²) in [6.45, 7) is 3.57. The molecule has 21 heavy (non-hydrogen) atoms. The summed E-state index contributed by atoms with van der Waals surface area (Å²) in [6, 6.07) is 5.30. The van der Waals surface area contributed by atoms with E-state index in [1.807, 2.05) is 0 Å². The normalized spacial score (nSPS) is 23.0. The van der Waals surface area contributed by atoms with Crippen molar-refractivity contribution in [3.63, 3.8) is 0 Å². The highest BCUT2D eigenvalue weighted by atomic mass is 35.5. The molecule has 2 unspecified atom stereocenters. The highest BCUT2D eigenvalue weighted by Gasteiger charge is 2.65. The highest BCUT2D eigenvalue weighted by Crippen LogP contribution is 2.58. The molecule has 2 aromatic rings. The van der Waals surface area contributed by atoms with E-state index in [0.29, 0.717) is 10.2 Å². The zero-order valence-corrected chi connectivity index (χ0v) is 13.0. The summed E-state index contributed by atoms with van der Waals surface area (Å²) in [6.07, 6.45) is 0. The van der Waals surface area contributed by atoms with Crippen LogP contribution in [0.5, 0.6) is 0 Å². The Bertz CT molecular complexity index is 756. The average molecular weight is 325 g/mol. The molecule has 0 spiro atoms. The molecule has 0 aliphatic heterocycles. The van der Waals surface area contributed by atoms with Gasteiger partial charge in [-0.2, -0.15) is 0 Å². The van der Waals surface area contributed by atoms with Crippen molar-refractivity contribution < 1.29 is 14.7 Å². The fraction of sp³-hybridized carbons (Fsp3) is 0.357. The molecule has 1 amide bonds. The van der Waals surface area contributed by atoms with Gasteiger partial charge in [-0.1, -0.05) is 36.8 Å². The number of carboxylic acid groups (broad SMARTS) is 1. The predicted octanol–water partition coefficient (Wildman–Crippen LogP) is 3.25. The average Bonchev–Trinajstić information content (AvgIpc) is 2.75. The van der Waals surface area contributed by atoms with Crippen molar-refractivity contribution in [3.05, 3.63) is 23.2 Å². The Kier molecular flexibility index (Phi) is 3.18. The lowest BCUT2D eigenvalue weighted by Gasteiger charge is -2.02. The molecule has 2 N–H and O–H groups in total. The Labute approximate surface area is 129 Å². The molecule has 1 heterocycles. The van der Waals surface area contributed by atoms with Crippen molar-refractivity contribution in [1.82, 2.24) is 4.98 Å². The van der Waals surface area contributed by atoms with Crippen molar-refractivity contribution in [1.29, 1.82) is 0 Å². The van der Waals surface area contributed by atoms with Crippen LogP contribution < -0.4 is 5.32 Å². The number of fused-ring (bicyclic) bond motifs is 1. The van der Waals surface area contributed by atoms with E-state index in [1.54, 1.807) is 32.0 Å². The van der Waals surface area contributed by atoms with Gasteiger partial charge in [-0.3, -0.25) is 9.59 Å². The summed E-state index contributed by atoms with van der Waals surface area (Å²) in [5.41, 5.74) is 0.236. The molecule has 3 rings (SSSR count). The SMILES string of the molecule is CC1(C)C(C(=O)O)C1C(=O)Nc1nc2ccc(Cl)cc2s1. The molecule has 0 saturated heterocycles. The van der Waals surface area contributed by atoms with Crippen LogP contribution in [-0.4, -0.2) is 22.0 Å². The van der Waals surface area contributed by atoms with E-state index < -0.39 is 23.2 Å². The third kappa shape index (κ3) is 2.38. The summed E-state index contributed by atoms with van der Waals surface area (Å²) in [4.78, 5) is 27.6. The molecule has 1 fully saturated rings. The number of carbonyl (C=O) groups is 2. The molecular formula is C14H13ClN2O3S. The van der Waals surface area contributed by atoms with Crippen LogP contribution in [0.1, 0.15) is 13.8 Å². The van der Waals surface area contributed by atoms with Gasteiger partial charge in [0.2, 0.25) is 5.91 Å². The number of anilines is 1. The maximum Gasteiger partial charge on any atom is 0.307 e. The summed E-state index contributed by atoms with van der Waals surface area (Å²) in [5.74, 6) is -2.39. The second kappa shape index (κ2) is 4.68. The van der Waals surface area contributed by atoms with Crippen LogP contribution in [0.15, 0.2) is 18.2 Å². The Morgan fingerprint density at radius 3 is 2.71 bits per heavy atom. The summed E-state index contributed by atoms with van der Waals surface area (Å²) < 4.78 is 0.877. The minimum absolute atomic E-state index is 0.294. The first-order valence-electron chi connectivity index (χ1n) is 6.40. The van der Waals surface area contributed by atoms with Crippen molar-refractivity contribution in [3.8, 4) is 0 Å². The van der Waals surface area contributed by atoms with Gasteiger partial charge in [0.15, 0.2) is 5.13 Å². The lowest BCUT2D eigenvalue weighted by Crippen LogP contribution is -2.17. The van der Waals surface area contributed by atoms with E-state index in [9.17, 15) is 9.59 Å². The fourth-order valence-electron chi connectivity index (χ4n) is 2.72. The van der Waals surface area contributed by atoms with E-state index in [4.69, 9.17) is 16.7 Å². The highest BCUT2D eigenvalue weighted by molar-refractivity contribution is 7.22. The number of carboxylic acids is 1. The molecule has 7 heteroatoms. The minimum atomic E-state index is -0.934. The van der Waals surface area contributed by atoms with Crippen LogP contribution in [0.4, 0.5) is 5.13 Å². The van der Waals surface area contributed by atoms with Crippen molar-refractivity contribution in [2.75, 3.05) is 5.32 Å². The van der Waals surface area contributed by atoms with Crippen LogP contribution in [0.3, 0.4) is 0 Å². The molecule has 5 nitrogen and oxygen atoms in total. The number of thiazole rings is 1. The van der Waals surface area contributed by atoms with Gasteiger partial charge < -0.3 is 10.4 Å². The number of hydrogen-bond donors (Lipinski definition) is 2. The van der Waals surface area contributed by atoms with Gasteiger partial charge in [0.1, 0.15) is 0 Å². The first-order chi connectivity index (χ1) is 9.80. The van der Waals surface area contributed by atoms with Crippen LogP contribution in [-0.2, 0) is 9.59 Å². The van der Waals surface area contributed by atoms with Gasteiger partial charge >= 0.3 is 5.97 Å². The molecule has 2 atom stereocenters. The number of aliphatic carboxylic acids is 1. The van der Waals surface area contributed by atoms with Gasteiger partial charge in [-0.15, -0.1) is 0 Å². The third-order valence-electron chi connectivity index (χ3n) is 3.96. The van der Waals surface area contributed by atoms with Gasteiger partial charge in [0, 0.05) is 5.02 Å². The number of nitrogens with one attached hydrogen (secondary N) is 1. The molecule has 110 valence electrons. The predicted molar refractivity (Wildman–Crippen MR) is 81.7 cm³/mol. The van der Waals surface area contributed by atoms with Crippen molar-refractivity contribution in [2.45, 2.75) is 13.8 Å². The monoisotopic (exact) mass is 324 g/mol. The Morgan fingerprint density at radius 2 is 2.10 bits per heavy atom. The van der Waals surface area contributed by atoms with Crippen LogP contribution in [0.25, 0.3) is 10.2 Å². The van der Waals surface area contributed by atoms with Crippen LogP contribution in [0.2, 0.25) is 5.02 Å². The first kappa shape index (κ1) is 14.3. The molecule has 1 aromatic heterocycles. The minimum Gasteiger partial charge on any atom is -0.481 e. The van der Waals surface area contributed by atoms with Crippen molar-refractivity contribution >= 4 is 50.2 Å². The maximum atomic E-state index is 12.2. The van der Waals surface area contributed by atoms with E-state index >= 15 is 0 Å². The molecular weight excluding hydrogens is 312 g/mol. The van der Waals surface area contributed by atoms with E-state index in [0.717, 1.165) is 10.2 Å². The Hall–Kier alpha value is -1.66. The zero-order valence-electron chi connectivity index (χ0n) is 11.4. The maximum absolute atomic E-state index is 12.2. The summed E-state index contributed by atoms with van der Waals surface area (Å²) in [7, 11) is 0. The van der Waals surface area contributed by atoms with Gasteiger partial charge in [0.25, 0.3) is 0 Å². The molecule has 0 bridgehead atoms. The largest absolute Gasteiger partial charge is 0.481 e. The topological polar surface area (TPSA) is 79.3 Å². The lowest BCUT2D eigenvalue weighted by atomic mass is 10.1. The first-order valence-corrected chi connectivity index (χ1v) is 7.60. The number of nitrogens with zero attached hydrogens (tertiary/aromatic N) is 1. The number of halogens is 1. The lowest BCUT2D eigenvalue weighted by molar-refractivity contribution is -0.140. The smallest absolute Gasteiger partial charge is 0.307 e. The number of rotatable bonds is 3. The second-order valence-electron chi connectivity index (χ2n) is 5.74. The number of aromatic nitrogens is 1. The van der Waals surface area contributed by atoms with Crippen LogP contribution >= 0.6 is 22.9 Å². The van der Waals surface area contributed by atoms with Crippen molar-refractivity contribution in [2.24, 2.45) is 17.3 Å². The summed E-state index contributed by atoms with van der Waals surface area (Å²) >= 11 is 7.23. The van der Waals surface area contributed by atoms with E-state index in [1.165, 1.54) is 11.3 Å². The number of amides is 1. The third-order valence-corrected chi connectivity index (χ3v) is 5.13. The molecule has 1 aliphatic carbocycles. The van der Waals surface area contributed by atoms with Gasteiger partial charge in [-0.25, -0.2) is 4.98 Å². The van der Waals surface area contributed by atoms with Gasteiger partial charge in [-0.05, 0) is 23.6 Å².